The van der Waals surface area contributed by atoms with Crippen molar-refractivity contribution in [1.82, 2.24) is 5.32 Å². The summed E-state index contributed by atoms with van der Waals surface area (Å²) in [6, 6.07) is 0.374. The van der Waals surface area contributed by atoms with Crippen molar-refractivity contribution < 1.29 is 10.2 Å². The lowest BCUT2D eigenvalue weighted by Crippen LogP contribution is -2.56. The largest absolute Gasteiger partial charge is 0.394 e. The SMILES string of the molecule is CCCC(C)C(CC)NC(CC)(CO)CO. The van der Waals surface area contributed by atoms with Crippen molar-refractivity contribution in [2.24, 2.45) is 5.92 Å². The van der Waals surface area contributed by atoms with Gasteiger partial charge in [0.15, 0.2) is 0 Å². The number of hydrogen-bond acceptors (Lipinski definition) is 3. The average molecular weight is 231 g/mol. The quantitative estimate of drug-likeness (QED) is 0.568. The highest BCUT2D eigenvalue weighted by atomic mass is 16.3. The Kier molecular flexibility index (Phi) is 7.98. The van der Waals surface area contributed by atoms with E-state index in [0.29, 0.717) is 12.0 Å². The van der Waals surface area contributed by atoms with Crippen LogP contribution in [0.25, 0.3) is 0 Å². The maximum Gasteiger partial charge on any atom is 0.0647 e. The molecular weight excluding hydrogens is 202 g/mol. The molecule has 98 valence electrons. The molecule has 0 fully saturated rings. The zero-order valence-electron chi connectivity index (χ0n) is 11.3. The van der Waals surface area contributed by atoms with E-state index < -0.39 is 5.54 Å². The second-order valence-electron chi connectivity index (χ2n) is 4.88. The van der Waals surface area contributed by atoms with Crippen LogP contribution >= 0.6 is 0 Å². The molecule has 0 aromatic heterocycles. The molecule has 3 N–H and O–H groups in total. The van der Waals surface area contributed by atoms with Crippen LogP contribution in [-0.4, -0.2) is 35.0 Å². The molecule has 0 spiro atoms. The van der Waals surface area contributed by atoms with Gasteiger partial charge in [-0.15, -0.1) is 0 Å². The highest BCUT2D eigenvalue weighted by molar-refractivity contribution is 4.90. The second-order valence-corrected chi connectivity index (χ2v) is 4.88. The summed E-state index contributed by atoms with van der Waals surface area (Å²) < 4.78 is 0. The Morgan fingerprint density at radius 1 is 1.12 bits per heavy atom. The van der Waals surface area contributed by atoms with Gasteiger partial charge in [-0.2, -0.15) is 0 Å². The molecule has 2 unspecified atom stereocenters. The molecule has 16 heavy (non-hydrogen) atoms. The van der Waals surface area contributed by atoms with Crippen molar-refractivity contribution in [2.45, 2.75) is 65.0 Å². The van der Waals surface area contributed by atoms with E-state index in [1.165, 1.54) is 12.8 Å². The Bertz CT molecular complexity index is 161. The third kappa shape index (κ3) is 4.40. The lowest BCUT2D eigenvalue weighted by Gasteiger charge is -2.37. The Morgan fingerprint density at radius 3 is 2.00 bits per heavy atom. The van der Waals surface area contributed by atoms with Gasteiger partial charge >= 0.3 is 0 Å². The van der Waals surface area contributed by atoms with E-state index in [0.717, 1.165) is 12.8 Å². The van der Waals surface area contributed by atoms with Gasteiger partial charge in [0, 0.05) is 6.04 Å². The monoisotopic (exact) mass is 231 g/mol. The molecule has 2 atom stereocenters. The number of aliphatic hydroxyl groups is 2. The maximum absolute atomic E-state index is 9.41. The first-order valence-corrected chi connectivity index (χ1v) is 6.58. The fourth-order valence-corrected chi connectivity index (χ4v) is 2.16. The molecule has 3 nitrogen and oxygen atoms in total. The average Bonchev–Trinajstić information content (AvgIpc) is 2.32. The molecule has 0 heterocycles. The summed E-state index contributed by atoms with van der Waals surface area (Å²) >= 11 is 0. The number of hydrogen-bond donors (Lipinski definition) is 3. The normalized spacial score (nSPS) is 16.1. The maximum atomic E-state index is 9.41. The standard InChI is InChI=1S/C13H29NO2/c1-5-8-11(4)12(6-2)14-13(7-3,9-15)10-16/h11-12,14-16H,5-10H2,1-4H3. The fraction of sp³-hybridized carbons (Fsp3) is 1.00. The highest BCUT2D eigenvalue weighted by Gasteiger charge is 2.30. The van der Waals surface area contributed by atoms with Crippen LogP contribution in [0.15, 0.2) is 0 Å². The van der Waals surface area contributed by atoms with Crippen LogP contribution in [-0.2, 0) is 0 Å². The molecule has 0 bridgehead atoms. The zero-order valence-corrected chi connectivity index (χ0v) is 11.3. The predicted octanol–water partition coefficient (Wildman–Crippen LogP) is 1.92. The third-order valence-electron chi connectivity index (χ3n) is 3.64. The minimum absolute atomic E-state index is 0.00462. The summed E-state index contributed by atoms with van der Waals surface area (Å²) in [5.74, 6) is 0.582. The van der Waals surface area contributed by atoms with Gasteiger partial charge in [-0.3, -0.25) is 0 Å². The molecule has 0 aliphatic heterocycles. The van der Waals surface area contributed by atoms with Gasteiger partial charge in [-0.1, -0.05) is 34.1 Å². The van der Waals surface area contributed by atoms with Crippen LogP contribution in [0.4, 0.5) is 0 Å². The molecule has 0 aliphatic carbocycles. The first-order chi connectivity index (χ1) is 7.59. The smallest absolute Gasteiger partial charge is 0.0647 e. The van der Waals surface area contributed by atoms with E-state index in [1.54, 1.807) is 0 Å². The first-order valence-electron chi connectivity index (χ1n) is 6.58. The van der Waals surface area contributed by atoms with E-state index >= 15 is 0 Å². The minimum Gasteiger partial charge on any atom is -0.394 e. The molecule has 0 aliphatic rings. The van der Waals surface area contributed by atoms with Crippen molar-refractivity contribution >= 4 is 0 Å². The van der Waals surface area contributed by atoms with Gasteiger partial charge in [-0.05, 0) is 25.2 Å². The molecule has 0 aromatic rings. The van der Waals surface area contributed by atoms with Crippen LogP contribution in [0.5, 0.6) is 0 Å². The summed E-state index contributed by atoms with van der Waals surface area (Å²) in [5.41, 5.74) is -0.511. The van der Waals surface area contributed by atoms with Crippen LogP contribution in [0.3, 0.4) is 0 Å². The minimum atomic E-state index is -0.511. The zero-order chi connectivity index (χ0) is 12.6. The number of nitrogens with one attached hydrogen (secondary N) is 1. The summed E-state index contributed by atoms with van der Waals surface area (Å²) in [5, 5.41) is 22.3. The molecule has 0 rings (SSSR count). The molecule has 3 heteroatoms. The van der Waals surface area contributed by atoms with Crippen LogP contribution in [0.1, 0.15) is 53.4 Å². The van der Waals surface area contributed by atoms with Gasteiger partial charge in [0.25, 0.3) is 0 Å². The van der Waals surface area contributed by atoms with E-state index in [-0.39, 0.29) is 13.2 Å². The van der Waals surface area contributed by atoms with Crippen molar-refractivity contribution in [1.29, 1.82) is 0 Å². The summed E-state index contributed by atoms with van der Waals surface area (Å²) in [6.07, 6.45) is 4.14. The molecule has 0 saturated carbocycles. The van der Waals surface area contributed by atoms with Gasteiger partial charge in [0.05, 0.1) is 18.8 Å². The van der Waals surface area contributed by atoms with E-state index in [4.69, 9.17) is 0 Å². The molecule has 0 aromatic carbocycles. The third-order valence-corrected chi connectivity index (χ3v) is 3.64. The van der Waals surface area contributed by atoms with Gasteiger partial charge in [0.1, 0.15) is 0 Å². The summed E-state index contributed by atoms with van der Waals surface area (Å²) in [7, 11) is 0. The van der Waals surface area contributed by atoms with Crippen molar-refractivity contribution in [2.75, 3.05) is 13.2 Å². The molecule has 0 saturated heterocycles. The van der Waals surface area contributed by atoms with Crippen molar-refractivity contribution in [3.8, 4) is 0 Å². The predicted molar refractivity (Wildman–Crippen MR) is 68.5 cm³/mol. The topological polar surface area (TPSA) is 52.5 Å². The Balaban J connectivity index is 4.48. The number of rotatable bonds is 9. The van der Waals surface area contributed by atoms with E-state index in [1.807, 2.05) is 6.92 Å². The van der Waals surface area contributed by atoms with Crippen molar-refractivity contribution in [3.63, 3.8) is 0 Å². The van der Waals surface area contributed by atoms with Gasteiger partial charge in [0.2, 0.25) is 0 Å². The molecular formula is C13H29NO2. The second kappa shape index (κ2) is 8.04. The molecule has 0 radical (unpaired) electrons. The van der Waals surface area contributed by atoms with Crippen LogP contribution in [0.2, 0.25) is 0 Å². The van der Waals surface area contributed by atoms with E-state index in [9.17, 15) is 10.2 Å². The van der Waals surface area contributed by atoms with Gasteiger partial charge < -0.3 is 15.5 Å². The van der Waals surface area contributed by atoms with Crippen LogP contribution < -0.4 is 5.32 Å². The summed E-state index contributed by atoms with van der Waals surface area (Å²) in [4.78, 5) is 0. The van der Waals surface area contributed by atoms with Crippen molar-refractivity contribution in [3.05, 3.63) is 0 Å². The van der Waals surface area contributed by atoms with E-state index in [2.05, 4.69) is 26.1 Å². The summed E-state index contributed by atoms with van der Waals surface area (Å²) in [6.45, 7) is 8.56. The fourth-order valence-electron chi connectivity index (χ4n) is 2.16. The Hall–Kier alpha value is -0.120. The Labute approximate surface area is 100 Å². The Morgan fingerprint density at radius 2 is 1.69 bits per heavy atom. The number of aliphatic hydroxyl groups excluding tert-OH is 2. The van der Waals surface area contributed by atoms with Crippen LogP contribution in [0, 0.1) is 5.92 Å². The lowest BCUT2D eigenvalue weighted by atomic mass is 9.90. The lowest BCUT2D eigenvalue weighted by molar-refractivity contribution is 0.0689. The highest BCUT2D eigenvalue weighted by Crippen LogP contribution is 2.18. The first kappa shape index (κ1) is 15.9. The molecule has 0 amide bonds. The van der Waals surface area contributed by atoms with Gasteiger partial charge in [-0.25, -0.2) is 0 Å².